The molecule has 0 amide bonds. The van der Waals surface area contributed by atoms with Crippen LogP contribution in [0.1, 0.15) is 22.4 Å². The maximum Gasteiger partial charge on any atom is 0.184 e. The van der Waals surface area contributed by atoms with E-state index in [9.17, 15) is 5.11 Å². The SMILES string of the molecule is Cc1cc2c(c[n+]1/C=C(/[O-])c1ccccc1)Cc1ccccc1-2. The molecule has 1 aromatic heterocycles. The third-order valence-corrected chi connectivity index (χ3v) is 4.40. The predicted octanol–water partition coefficient (Wildman–Crippen LogP) is 3.17. The number of hydrogen-bond donors (Lipinski definition) is 0. The fraction of sp³-hybridized carbons (Fsp3) is 0.0952. The zero-order chi connectivity index (χ0) is 15.8. The number of rotatable bonds is 2. The number of hydrogen-bond acceptors (Lipinski definition) is 1. The molecule has 2 nitrogen and oxygen atoms in total. The number of pyridine rings is 1. The average molecular weight is 299 g/mol. The Morgan fingerprint density at radius 2 is 1.70 bits per heavy atom. The molecule has 112 valence electrons. The van der Waals surface area contributed by atoms with E-state index in [2.05, 4.69) is 36.5 Å². The van der Waals surface area contributed by atoms with Crippen LogP contribution in [-0.4, -0.2) is 0 Å². The van der Waals surface area contributed by atoms with Crippen molar-refractivity contribution in [1.82, 2.24) is 0 Å². The highest BCUT2D eigenvalue weighted by atomic mass is 16.3. The summed E-state index contributed by atoms with van der Waals surface area (Å²) in [5.41, 5.74) is 7.00. The van der Waals surface area contributed by atoms with E-state index in [-0.39, 0.29) is 5.76 Å². The molecule has 3 aromatic rings. The Balaban J connectivity index is 1.77. The molecular weight excluding hydrogens is 282 g/mol. The third kappa shape index (κ3) is 2.42. The summed E-state index contributed by atoms with van der Waals surface area (Å²) in [6.07, 6.45) is 4.69. The summed E-state index contributed by atoms with van der Waals surface area (Å²) in [7, 11) is 0. The molecule has 0 saturated heterocycles. The minimum absolute atomic E-state index is 0.0224. The molecule has 4 rings (SSSR count). The Labute approximate surface area is 136 Å². The Bertz CT molecular complexity index is 910. The van der Waals surface area contributed by atoms with E-state index in [1.807, 2.05) is 41.8 Å². The molecule has 0 spiro atoms. The van der Waals surface area contributed by atoms with Crippen LogP contribution in [0, 0.1) is 6.92 Å². The van der Waals surface area contributed by atoms with Gasteiger partial charge in [0.15, 0.2) is 18.1 Å². The average Bonchev–Trinajstić information content (AvgIpc) is 2.93. The quantitative estimate of drug-likeness (QED) is 0.412. The lowest BCUT2D eigenvalue weighted by Crippen LogP contribution is -2.32. The number of aryl methyl sites for hydroxylation is 1. The zero-order valence-electron chi connectivity index (χ0n) is 13.0. The molecule has 0 aliphatic heterocycles. The number of fused-ring (bicyclic) bond motifs is 3. The molecule has 1 aliphatic carbocycles. The Morgan fingerprint density at radius 1 is 0.957 bits per heavy atom. The minimum Gasteiger partial charge on any atom is -0.868 e. The molecule has 0 saturated carbocycles. The van der Waals surface area contributed by atoms with Crippen LogP contribution in [0.15, 0.2) is 66.9 Å². The lowest BCUT2D eigenvalue weighted by atomic mass is 10.1. The van der Waals surface area contributed by atoms with Crippen molar-refractivity contribution in [2.45, 2.75) is 13.3 Å². The van der Waals surface area contributed by atoms with Crippen LogP contribution >= 0.6 is 0 Å². The van der Waals surface area contributed by atoms with Gasteiger partial charge in [0.1, 0.15) is 0 Å². The fourth-order valence-electron chi connectivity index (χ4n) is 3.19. The van der Waals surface area contributed by atoms with E-state index in [1.165, 1.54) is 22.3 Å². The lowest BCUT2D eigenvalue weighted by molar-refractivity contribution is -0.577. The van der Waals surface area contributed by atoms with Gasteiger partial charge in [-0.25, -0.2) is 0 Å². The summed E-state index contributed by atoms with van der Waals surface area (Å²) in [4.78, 5) is 0. The van der Waals surface area contributed by atoms with Crippen LogP contribution in [0.4, 0.5) is 0 Å². The molecule has 0 radical (unpaired) electrons. The van der Waals surface area contributed by atoms with E-state index >= 15 is 0 Å². The number of benzene rings is 2. The molecule has 23 heavy (non-hydrogen) atoms. The van der Waals surface area contributed by atoms with Gasteiger partial charge >= 0.3 is 0 Å². The molecule has 0 fully saturated rings. The van der Waals surface area contributed by atoms with Crippen LogP contribution < -0.4 is 9.67 Å². The van der Waals surface area contributed by atoms with Gasteiger partial charge in [-0.2, -0.15) is 4.57 Å². The zero-order valence-corrected chi connectivity index (χ0v) is 13.0. The molecule has 0 N–H and O–H groups in total. The molecule has 0 atom stereocenters. The standard InChI is InChI=1S/C21H17NO/c1-15-11-20-18(12-17-9-5-6-10-19(17)20)13-22(15)14-21(23)16-7-3-2-4-8-16/h2-11,13-14H,12H2,1H3/b21-14+. The third-order valence-electron chi connectivity index (χ3n) is 4.40. The molecule has 0 unspecified atom stereocenters. The molecule has 2 heteroatoms. The first-order valence-electron chi connectivity index (χ1n) is 7.79. The first-order chi connectivity index (χ1) is 11.2. The number of nitrogens with zero attached hydrogens (tertiary/aromatic N) is 1. The van der Waals surface area contributed by atoms with Crippen LogP contribution in [0.5, 0.6) is 0 Å². The summed E-state index contributed by atoms with van der Waals surface area (Å²) in [6.45, 7) is 2.04. The van der Waals surface area contributed by atoms with Crippen molar-refractivity contribution in [2.24, 2.45) is 0 Å². The van der Waals surface area contributed by atoms with Gasteiger partial charge in [0.05, 0.1) is 0 Å². The van der Waals surface area contributed by atoms with Crippen LogP contribution in [0.3, 0.4) is 0 Å². The monoisotopic (exact) mass is 299 g/mol. The molecule has 1 heterocycles. The van der Waals surface area contributed by atoms with E-state index in [1.54, 1.807) is 6.20 Å². The largest absolute Gasteiger partial charge is 0.868 e. The lowest BCUT2D eigenvalue weighted by Gasteiger charge is -2.10. The Hall–Kier alpha value is -2.87. The van der Waals surface area contributed by atoms with Crippen molar-refractivity contribution in [3.8, 4) is 11.1 Å². The van der Waals surface area contributed by atoms with Crippen molar-refractivity contribution in [2.75, 3.05) is 0 Å². The maximum atomic E-state index is 12.4. The highest BCUT2D eigenvalue weighted by Gasteiger charge is 2.22. The second-order valence-electron chi connectivity index (χ2n) is 5.95. The van der Waals surface area contributed by atoms with Gasteiger partial charge in [-0.3, -0.25) is 0 Å². The molecular formula is C21H17NO. The van der Waals surface area contributed by atoms with Gasteiger partial charge in [-0.1, -0.05) is 54.6 Å². The summed E-state index contributed by atoms with van der Waals surface area (Å²) in [6, 6.07) is 20.1. The number of aromatic nitrogens is 1. The van der Waals surface area contributed by atoms with Gasteiger partial charge in [-0.05, 0) is 28.0 Å². The fourth-order valence-corrected chi connectivity index (χ4v) is 3.19. The second-order valence-corrected chi connectivity index (χ2v) is 5.95. The van der Waals surface area contributed by atoms with Crippen molar-refractivity contribution < 1.29 is 9.67 Å². The minimum atomic E-state index is 0.0224. The van der Waals surface area contributed by atoms with Gasteiger partial charge in [0.2, 0.25) is 0 Å². The normalized spacial score (nSPS) is 12.8. The summed E-state index contributed by atoms with van der Waals surface area (Å²) in [5.74, 6) is 0.0224. The summed E-state index contributed by atoms with van der Waals surface area (Å²) >= 11 is 0. The first kappa shape index (κ1) is 13.8. The smallest absolute Gasteiger partial charge is 0.184 e. The summed E-state index contributed by atoms with van der Waals surface area (Å²) in [5, 5.41) is 12.4. The van der Waals surface area contributed by atoms with Gasteiger partial charge in [0, 0.05) is 25.0 Å². The topological polar surface area (TPSA) is 26.9 Å². The highest BCUT2D eigenvalue weighted by Crippen LogP contribution is 2.35. The molecule has 2 aromatic carbocycles. The second kappa shape index (κ2) is 5.40. The predicted molar refractivity (Wildman–Crippen MR) is 90.2 cm³/mol. The van der Waals surface area contributed by atoms with Crippen molar-refractivity contribution in [3.63, 3.8) is 0 Å². The highest BCUT2D eigenvalue weighted by molar-refractivity contribution is 5.76. The summed E-state index contributed by atoms with van der Waals surface area (Å²) < 4.78 is 1.94. The Kier molecular flexibility index (Phi) is 3.23. The van der Waals surface area contributed by atoms with Crippen molar-refractivity contribution >= 4 is 12.0 Å². The van der Waals surface area contributed by atoms with E-state index < -0.39 is 0 Å². The first-order valence-corrected chi connectivity index (χ1v) is 7.79. The van der Waals surface area contributed by atoms with Gasteiger partial charge < -0.3 is 5.11 Å². The van der Waals surface area contributed by atoms with Crippen LogP contribution in [0.2, 0.25) is 0 Å². The van der Waals surface area contributed by atoms with E-state index in [0.717, 1.165) is 12.1 Å². The van der Waals surface area contributed by atoms with E-state index in [0.29, 0.717) is 5.56 Å². The van der Waals surface area contributed by atoms with Gasteiger partial charge in [-0.15, -0.1) is 0 Å². The van der Waals surface area contributed by atoms with Crippen LogP contribution in [-0.2, 0) is 6.42 Å². The van der Waals surface area contributed by atoms with Crippen molar-refractivity contribution in [3.05, 3.63) is 89.2 Å². The van der Waals surface area contributed by atoms with Crippen LogP contribution in [0.25, 0.3) is 23.1 Å². The van der Waals surface area contributed by atoms with Crippen molar-refractivity contribution in [1.29, 1.82) is 0 Å². The van der Waals surface area contributed by atoms with E-state index in [4.69, 9.17) is 0 Å². The molecule has 0 bridgehead atoms. The maximum absolute atomic E-state index is 12.4. The Morgan fingerprint density at radius 3 is 2.52 bits per heavy atom. The molecule has 1 aliphatic rings. The van der Waals surface area contributed by atoms with Gasteiger partial charge in [0.25, 0.3) is 0 Å².